The molecular weight excluding hydrogens is 276 g/mol. The zero-order valence-electron chi connectivity index (χ0n) is 12.5. The molecule has 0 fully saturated rings. The van der Waals surface area contributed by atoms with Gasteiger partial charge in [0.05, 0.1) is 18.3 Å². The van der Waals surface area contributed by atoms with E-state index in [9.17, 15) is 4.79 Å². The summed E-state index contributed by atoms with van der Waals surface area (Å²) in [5.41, 5.74) is 3.04. The van der Waals surface area contributed by atoms with Crippen LogP contribution in [0.15, 0.2) is 54.7 Å². The van der Waals surface area contributed by atoms with Gasteiger partial charge in [-0.1, -0.05) is 23.8 Å². The third-order valence-corrected chi connectivity index (χ3v) is 3.44. The van der Waals surface area contributed by atoms with Crippen molar-refractivity contribution >= 4 is 22.5 Å². The van der Waals surface area contributed by atoms with Gasteiger partial charge in [-0.3, -0.25) is 9.78 Å². The highest BCUT2D eigenvalue weighted by atomic mass is 16.5. The van der Waals surface area contributed by atoms with E-state index in [-0.39, 0.29) is 5.91 Å². The molecule has 0 saturated heterocycles. The number of aryl methyl sites for hydroxylation is 1. The lowest BCUT2D eigenvalue weighted by atomic mass is 10.1. The summed E-state index contributed by atoms with van der Waals surface area (Å²) in [6, 6.07) is 14.9. The summed E-state index contributed by atoms with van der Waals surface area (Å²) in [5, 5.41) is 3.84. The van der Waals surface area contributed by atoms with Crippen LogP contribution in [-0.2, 0) is 0 Å². The number of pyridine rings is 1. The number of nitrogens with zero attached hydrogens (tertiary/aromatic N) is 1. The molecule has 3 rings (SSSR count). The molecule has 110 valence electrons. The number of methoxy groups -OCH3 is 1. The number of aromatic nitrogens is 1. The number of hydrogen-bond acceptors (Lipinski definition) is 3. The lowest BCUT2D eigenvalue weighted by Gasteiger charge is -2.10. The van der Waals surface area contributed by atoms with Crippen molar-refractivity contribution in [2.75, 3.05) is 12.4 Å². The standard InChI is InChI=1S/C18H16N2O2/c1-12-5-3-6-14(9-12)18(21)20-16-11-15(22-2)10-13-7-4-8-19-17(13)16/h3-11H,1-2H3,(H,20,21). The minimum Gasteiger partial charge on any atom is -0.497 e. The number of anilines is 1. The fraction of sp³-hybridized carbons (Fsp3) is 0.111. The Kier molecular flexibility index (Phi) is 3.74. The normalized spacial score (nSPS) is 10.5. The molecule has 0 atom stereocenters. The summed E-state index contributed by atoms with van der Waals surface area (Å²) in [6.45, 7) is 1.96. The number of hydrogen-bond donors (Lipinski definition) is 1. The SMILES string of the molecule is COc1cc(NC(=O)c2cccc(C)c2)c2ncccc2c1. The van der Waals surface area contributed by atoms with Crippen LogP contribution in [0.4, 0.5) is 5.69 Å². The Balaban J connectivity index is 2.01. The summed E-state index contributed by atoms with van der Waals surface area (Å²) in [7, 11) is 1.60. The number of fused-ring (bicyclic) bond motifs is 1. The zero-order chi connectivity index (χ0) is 15.5. The van der Waals surface area contributed by atoms with Crippen LogP contribution in [0.1, 0.15) is 15.9 Å². The molecule has 3 aromatic rings. The van der Waals surface area contributed by atoms with Crippen LogP contribution in [0.2, 0.25) is 0 Å². The first-order chi connectivity index (χ1) is 10.7. The van der Waals surface area contributed by atoms with E-state index in [0.29, 0.717) is 17.0 Å². The van der Waals surface area contributed by atoms with Gasteiger partial charge in [-0.05, 0) is 31.2 Å². The molecule has 2 aromatic carbocycles. The van der Waals surface area contributed by atoms with E-state index >= 15 is 0 Å². The molecule has 1 aromatic heterocycles. The van der Waals surface area contributed by atoms with E-state index in [0.717, 1.165) is 16.5 Å². The summed E-state index contributed by atoms with van der Waals surface area (Å²) in [6.07, 6.45) is 1.71. The smallest absolute Gasteiger partial charge is 0.255 e. The second kappa shape index (κ2) is 5.85. The Morgan fingerprint density at radius 1 is 1.14 bits per heavy atom. The fourth-order valence-corrected chi connectivity index (χ4v) is 2.36. The van der Waals surface area contributed by atoms with Crippen LogP contribution in [0, 0.1) is 6.92 Å². The maximum atomic E-state index is 12.4. The highest BCUT2D eigenvalue weighted by Gasteiger charge is 2.11. The third-order valence-electron chi connectivity index (χ3n) is 3.44. The van der Waals surface area contributed by atoms with Crippen molar-refractivity contribution in [1.82, 2.24) is 4.98 Å². The van der Waals surface area contributed by atoms with Crippen molar-refractivity contribution in [3.8, 4) is 5.75 Å². The number of rotatable bonds is 3. The maximum absolute atomic E-state index is 12.4. The zero-order valence-corrected chi connectivity index (χ0v) is 12.5. The lowest BCUT2D eigenvalue weighted by molar-refractivity contribution is 0.102. The van der Waals surface area contributed by atoms with Gasteiger partial charge in [0.15, 0.2) is 0 Å². The Bertz CT molecular complexity index is 843. The highest BCUT2D eigenvalue weighted by molar-refractivity contribution is 6.08. The van der Waals surface area contributed by atoms with Gasteiger partial charge in [-0.2, -0.15) is 0 Å². The molecule has 1 amide bonds. The molecule has 0 radical (unpaired) electrons. The van der Waals surface area contributed by atoms with Gasteiger partial charge in [-0.25, -0.2) is 0 Å². The molecule has 0 bridgehead atoms. The Labute approximate surface area is 128 Å². The van der Waals surface area contributed by atoms with Gasteiger partial charge in [-0.15, -0.1) is 0 Å². The van der Waals surface area contributed by atoms with Gasteiger partial charge in [0.25, 0.3) is 5.91 Å². The second-order valence-electron chi connectivity index (χ2n) is 5.07. The van der Waals surface area contributed by atoms with Crippen molar-refractivity contribution in [3.63, 3.8) is 0 Å². The monoisotopic (exact) mass is 292 g/mol. The number of benzene rings is 2. The molecule has 4 nitrogen and oxygen atoms in total. The van der Waals surface area contributed by atoms with Crippen LogP contribution in [0.3, 0.4) is 0 Å². The number of amides is 1. The molecule has 0 aliphatic rings. The topological polar surface area (TPSA) is 51.2 Å². The molecule has 0 aliphatic carbocycles. The van der Waals surface area contributed by atoms with E-state index < -0.39 is 0 Å². The molecule has 0 spiro atoms. The van der Waals surface area contributed by atoms with Crippen LogP contribution in [0.5, 0.6) is 5.75 Å². The summed E-state index contributed by atoms with van der Waals surface area (Å²) in [4.78, 5) is 16.8. The van der Waals surface area contributed by atoms with Gasteiger partial charge < -0.3 is 10.1 Å². The van der Waals surface area contributed by atoms with Crippen molar-refractivity contribution in [2.24, 2.45) is 0 Å². The molecule has 1 N–H and O–H groups in total. The first kappa shape index (κ1) is 14.1. The second-order valence-corrected chi connectivity index (χ2v) is 5.07. The minimum atomic E-state index is -0.163. The van der Waals surface area contributed by atoms with E-state index in [1.165, 1.54) is 0 Å². The molecule has 4 heteroatoms. The predicted molar refractivity (Wildman–Crippen MR) is 87.4 cm³/mol. The molecule has 1 heterocycles. The Morgan fingerprint density at radius 3 is 2.77 bits per heavy atom. The van der Waals surface area contributed by atoms with Gasteiger partial charge >= 0.3 is 0 Å². The average molecular weight is 292 g/mol. The third kappa shape index (κ3) is 2.76. The number of carbonyl (C=O) groups is 1. The highest BCUT2D eigenvalue weighted by Crippen LogP contribution is 2.28. The fourth-order valence-electron chi connectivity index (χ4n) is 2.36. The summed E-state index contributed by atoms with van der Waals surface area (Å²) < 4.78 is 5.29. The van der Waals surface area contributed by atoms with Crippen molar-refractivity contribution in [3.05, 3.63) is 65.9 Å². The summed E-state index contributed by atoms with van der Waals surface area (Å²) >= 11 is 0. The molecule has 22 heavy (non-hydrogen) atoms. The predicted octanol–water partition coefficient (Wildman–Crippen LogP) is 3.80. The quantitative estimate of drug-likeness (QED) is 0.798. The van der Waals surface area contributed by atoms with Gasteiger partial charge in [0.1, 0.15) is 5.75 Å². The first-order valence-electron chi connectivity index (χ1n) is 6.98. The van der Waals surface area contributed by atoms with Crippen LogP contribution in [-0.4, -0.2) is 18.0 Å². The Morgan fingerprint density at radius 2 is 2.00 bits per heavy atom. The molecule has 0 aliphatic heterocycles. The molecular formula is C18H16N2O2. The average Bonchev–Trinajstić information content (AvgIpc) is 2.54. The van der Waals surface area contributed by atoms with Crippen molar-refractivity contribution in [2.45, 2.75) is 6.92 Å². The van der Waals surface area contributed by atoms with E-state index in [2.05, 4.69) is 10.3 Å². The number of nitrogens with one attached hydrogen (secondary N) is 1. The molecule has 0 unspecified atom stereocenters. The minimum absolute atomic E-state index is 0.163. The van der Waals surface area contributed by atoms with E-state index in [4.69, 9.17) is 4.74 Å². The number of ether oxygens (including phenoxy) is 1. The summed E-state index contributed by atoms with van der Waals surface area (Å²) in [5.74, 6) is 0.518. The molecule has 0 saturated carbocycles. The maximum Gasteiger partial charge on any atom is 0.255 e. The van der Waals surface area contributed by atoms with Gasteiger partial charge in [0, 0.05) is 23.2 Å². The van der Waals surface area contributed by atoms with Crippen molar-refractivity contribution in [1.29, 1.82) is 0 Å². The van der Waals surface area contributed by atoms with E-state index in [1.807, 2.05) is 43.3 Å². The number of carbonyl (C=O) groups excluding carboxylic acids is 1. The van der Waals surface area contributed by atoms with E-state index in [1.54, 1.807) is 25.4 Å². The largest absolute Gasteiger partial charge is 0.497 e. The van der Waals surface area contributed by atoms with Crippen LogP contribution < -0.4 is 10.1 Å². The van der Waals surface area contributed by atoms with Crippen molar-refractivity contribution < 1.29 is 9.53 Å². The van der Waals surface area contributed by atoms with Gasteiger partial charge in [0.2, 0.25) is 0 Å². The Hall–Kier alpha value is -2.88. The van der Waals surface area contributed by atoms with Crippen LogP contribution >= 0.6 is 0 Å². The first-order valence-corrected chi connectivity index (χ1v) is 6.98. The lowest BCUT2D eigenvalue weighted by Crippen LogP contribution is -2.12. The van der Waals surface area contributed by atoms with Crippen LogP contribution in [0.25, 0.3) is 10.9 Å².